The summed E-state index contributed by atoms with van der Waals surface area (Å²) in [7, 11) is 5.22. The van der Waals surface area contributed by atoms with Gasteiger partial charge >= 0.3 is 0 Å². The second-order valence-corrected chi connectivity index (χ2v) is 3.80. The van der Waals surface area contributed by atoms with Gasteiger partial charge in [-0.3, -0.25) is 0 Å². The van der Waals surface area contributed by atoms with Gasteiger partial charge in [0.2, 0.25) is 0 Å². The van der Waals surface area contributed by atoms with Crippen molar-refractivity contribution in [3.8, 4) is 5.75 Å². The molecule has 0 N–H and O–H groups in total. The largest absolute Gasteiger partial charge is 0.495 e. The minimum Gasteiger partial charge on any atom is -0.495 e. The van der Waals surface area contributed by atoms with Crippen LogP contribution in [0.25, 0.3) is 0 Å². The summed E-state index contributed by atoms with van der Waals surface area (Å²) in [5, 5.41) is 0.730. The van der Waals surface area contributed by atoms with Crippen LogP contribution in [0.3, 0.4) is 0 Å². The Morgan fingerprint density at radius 3 is 2.53 bits per heavy atom. The number of halogens is 1. The number of anilines is 1. The molecule has 0 aliphatic carbocycles. The van der Waals surface area contributed by atoms with E-state index in [2.05, 4.69) is 0 Å². The normalized spacial score (nSPS) is 10.2. The Morgan fingerprint density at radius 1 is 1.33 bits per heavy atom. The Bertz CT molecular complexity index is 342. The summed E-state index contributed by atoms with van der Waals surface area (Å²) in [5.74, 6) is 0.802. The third-order valence-electron chi connectivity index (χ3n) is 2.19. The van der Waals surface area contributed by atoms with E-state index in [0.717, 1.165) is 22.0 Å². The van der Waals surface area contributed by atoms with E-state index in [1.165, 1.54) is 0 Å². The van der Waals surface area contributed by atoms with Crippen molar-refractivity contribution in [3.63, 3.8) is 0 Å². The van der Waals surface area contributed by atoms with E-state index < -0.39 is 0 Å². The average molecular weight is 230 g/mol. The molecule has 1 aromatic rings. The van der Waals surface area contributed by atoms with Crippen molar-refractivity contribution < 1.29 is 9.47 Å². The van der Waals surface area contributed by atoms with Crippen LogP contribution in [0.4, 0.5) is 5.69 Å². The lowest BCUT2D eigenvalue weighted by molar-refractivity contribution is 0.201. The molecule has 0 saturated carbocycles. The highest BCUT2D eigenvalue weighted by Crippen LogP contribution is 2.32. The van der Waals surface area contributed by atoms with Crippen LogP contribution in [0, 0.1) is 6.92 Å². The van der Waals surface area contributed by atoms with Crippen molar-refractivity contribution in [1.29, 1.82) is 0 Å². The standard InChI is InChI=1S/C11H16ClNO2/c1-8-5-11(15-4)10(6-9(8)12)13(2)7-14-3/h5-6H,7H2,1-4H3. The fourth-order valence-electron chi connectivity index (χ4n) is 1.37. The minimum absolute atomic E-state index is 0.496. The minimum atomic E-state index is 0.496. The van der Waals surface area contributed by atoms with Crippen LogP contribution < -0.4 is 9.64 Å². The summed E-state index contributed by atoms with van der Waals surface area (Å²) >= 11 is 6.06. The SMILES string of the molecule is COCN(C)c1cc(Cl)c(C)cc1OC. The van der Waals surface area contributed by atoms with E-state index in [9.17, 15) is 0 Å². The number of ether oxygens (including phenoxy) is 2. The van der Waals surface area contributed by atoms with Crippen LogP contribution in [0.5, 0.6) is 5.75 Å². The first-order valence-corrected chi connectivity index (χ1v) is 5.02. The molecule has 0 aliphatic heterocycles. The molecule has 3 nitrogen and oxygen atoms in total. The molecule has 84 valence electrons. The predicted molar refractivity (Wildman–Crippen MR) is 63.0 cm³/mol. The van der Waals surface area contributed by atoms with E-state index in [1.54, 1.807) is 14.2 Å². The molecule has 0 heterocycles. The van der Waals surface area contributed by atoms with Crippen molar-refractivity contribution in [2.75, 3.05) is 32.9 Å². The predicted octanol–water partition coefficient (Wildman–Crippen LogP) is 2.70. The molecule has 0 spiro atoms. The van der Waals surface area contributed by atoms with Gasteiger partial charge in [-0.2, -0.15) is 0 Å². The fraction of sp³-hybridized carbons (Fsp3) is 0.455. The van der Waals surface area contributed by atoms with Gasteiger partial charge in [-0.25, -0.2) is 0 Å². The van der Waals surface area contributed by atoms with Crippen LogP contribution in [0.2, 0.25) is 5.02 Å². The van der Waals surface area contributed by atoms with Crippen LogP contribution in [-0.4, -0.2) is 28.0 Å². The summed E-state index contributed by atoms with van der Waals surface area (Å²) < 4.78 is 10.3. The number of methoxy groups -OCH3 is 2. The molecule has 15 heavy (non-hydrogen) atoms. The van der Waals surface area contributed by atoms with Crippen molar-refractivity contribution in [2.45, 2.75) is 6.92 Å². The third-order valence-corrected chi connectivity index (χ3v) is 2.60. The number of rotatable bonds is 4. The molecule has 1 aromatic carbocycles. The summed E-state index contributed by atoms with van der Waals surface area (Å²) in [4.78, 5) is 1.93. The van der Waals surface area contributed by atoms with Crippen molar-refractivity contribution in [1.82, 2.24) is 0 Å². The van der Waals surface area contributed by atoms with Gasteiger partial charge in [0.1, 0.15) is 12.5 Å². The zero-order chi connectivity index (χ0) is 11.4. The number of hydrogen-bond donors (Lipinski definition) is 0. The van der Waals surface area contributed by atoms with E-state index in [-0.39, 0.29) is 0 Å². The van der Waals surface area contributed by atoms with Crippen molar-refractivity contribution in [2.24, 2.45) is 0 Å². The molecule has 0 aliphatic rings. The van der Waals surface area contributed by atoms with Crippen LogP contribution in [-0.2, 0) is 4.74 Å². The topological polar surface area (TPSA) is 21.7 Å². The number of nitrogens with zero attached hydrogens (tertiary/aromatic N) is 1. The molecular weight excluding hydrogens is 214 g/mol. The molecule has 0 atom stereocenters. The first-order chi connectivity index (χ1) is 7.10. The maximum atomic E-state index is 6.06. The summed E-state index contributed by atoms with van der Waals surface area (Å²) in [5.41, 5.74) is 1.93. The van der Waals surface area contributed by atoms with Gasteiger partial charge in [-0.15, -0.1) is 0 Å². The zero-order valence-corrected chi connectivity index (χ0v) is 10.3. The molecule has 0 fully saturated rings. The fourth-order valence-corrected chi connectivity index (χ4v) is 1.53. The van der Waals surface area contributed by atoms with Gasteiger partial charge in [0.05, 0.1) is 12.8 Å². The quantitative estimate of drug-likeness (QED) is 0.741. The Kier molecular flexibility index (Phi) is 4.24. The molecule has 0 unspecified atom stereocenters. The van der Waals surface area contributed by atoms with Gasteiger partial charge in [0.15, 0.2) is 0 Å². The summed E-state index contributed by atoms with van der Waals surface area (Å²) in [6, 6.07) is 3.80. The van der Waals surface area contributed by atoms with Gasteiger partial charge in [-0.05, 0) is 24.6 Å². The lowest BCUT2D eigenvalue weighted by Gasteiger charge is -2.21. The van der Waals surface area contributed by atoms with Crippen molar-refractivity contribution in [3.05, 3.63) is 22.7 Å². The molecule has 0 saturated heterocycles. The lowest BCUT2D eigenvalue weighted by atomic mass is 10.2. The van der Waals surface area contributed by atoms with Crippen LogP contribution in [0.1, 0.15) is 5.56 Å². The summed E-state index contributed by atoms with van der Waals surface area (Å²) in [6.45, 7) is 2.45. The zero-order valence-electron chi connectivity index (χ0n) is 9.50. The molecule has 4 heteroatoms. The molecule has 0 aromatic heterocycles. The number of benzene rings is 1. The number of aryl methyl sites for hydroxylation is 1. The Balaban J connectivity index is 3.09. The molecule has 0 bridgehead atoms. The molecule has 0 amide bonds. The molecule has 1 rings (SSSR count). The van der Waals surface area contributed by atoms with E-state index >= 15 is 0 Å². The smallest absolute Gasteiger partial charge is 0.142 e. The highest BCUT2D eigenvalue weighted by molar-refractivity contribution is 6.31. The second kappa shape index (κ2) is 5.24. The van der Waals surface area contributed by atoms with Crippen LogP contribution in [0.15, 0.2) is 12.1 Å². The average Bonchev–Trinajstić information content (AvgIpc) is 2.21. The van der Waals surface area contributed by atoms with Crippen molar-refractivity contribution >= 4 is 17.3 Å². The Morgan fingerprint density at radius 2 is 2.00 bits per heavy atom. The maximum absolute atomic E-state index is 6.06. The Labute approximate surface area is 95.5 Å². The highest BCUT2D eigenvalue weighted by Gasteiger charge is 2.10. The lowest BCUT2D eigenvalue weighted by Crippen LogP contribution is -2.20. The van der Waals surface area contributed by atoms with Gasteiger partial charge < -0.3 is 14.4 Å². The first-order valence-electron chi connectivity index (χ1n) is 4.64. The van der Waals surface area contributed by atoms with Gasteiger partial charge in [-0.1, -0.05) is 11.6 Å². The van der Waals surface area contributed by atoms with E-state index in [4.69, 9.17) is 21.1 Å². The summed E-state index contributed by atoms with van der Waals surface area (Å²) in [6.07, 6.45) is 0. The third kappa shape index (κ3) is 2.76. The second-order valence-electron chi connectivity index (χ2n) is 3.39. The monoisotopic (exact) mass is 229 g/mol. The van der Waals surface area contributed by atoms with Gasteiger partial charge in [0.25, 0.3) is 0 Å². The van der Waals surface area contributed by atoms with E-state index in [0.29, 0.717) is 6.73 Å². The van der Waals surface area contributed by atoms with Gasteiger partial charge in [0, 0.05) is 19.2 Å². The van der Waals surface area contributed by atoms with Crippen LogP contribution >= 0.6 is 11.6 Å². The Hall–Kier alpha value is -0.930. The number of hydrogen-bond acceptors (Lipinski definition) is 3. The molecule has 0 radical (unpaired) electrons. The van der Waals surface area contributed by atoms with E-state index in [1.807, 2.05) is 31.0 Å². The molecular formula is C11H16ClNO2. The maximum Gasteiger partial charge on any atom is 0.142 e. The first kappa shape index (κ1) is 12.1. The highest BCUT2D eigenvalue weighted by atomic mass is 35.5.